The van der Waals surface area contributed by atoms with Crippen molar-refractivity contribution < 1.29 is 29.0 Å². The first-order valence-corrected chi connectivity index (χ1v) is 13.6. The third-order valence-corrected chi connectivity index (χ3v) is 6.82. The molecule has 0 bridgehead atoms. The van der Waals surface area contributed by atoms with Crippen LogP contribution in [-0.4, -0.2) is 65.2 Å². The molecule has 3 atom stereocenters. The van der Waals surface area contributed by atoms with Gasteiger partial charge in [0.05, 0.1) is 0 Å². The summed E-state index contributed by atoms with van der Waals surface area (Å²) in [7, 11) is 0. The zero-order chi connectivity index (χ0) is 25.9. The molecule has 0 unspecified atom stereocenters. The van der Waals surface area contributed by atoms with E-state index in [9.17, 15) is 24.3 Å². The van der Waals surface area contributed by atoms with E-state index in [4.69, 9.17) is 4.74 Å². The highest BCUT2D eigenvalue weighted by Crippen LogP contribution is 2.29. The fraction of sp³-hybridized carbons (Fsp3) is 0.833. The van der Waals surface area contributed by atoms with Crippen molar-refractivity contribution in [3.63, 3.8) is 0 Å². The highest BCUT2D eigenvalue weighted by Gasteiger charge is 2.32. The van der Waals surface area contributed by atoms with Crippen molar-refractivity contribution in [1.82, 2.24) is 16.0 Å². The quantitative estimate of drug-likeness (QED) is 0.323. The number of carbonyl (C=O) groups is 4. The molecule has 196 valence electrons. The molecular formula is C24H43N3O6S. The predicted molar refractivity (Wildman–Crippen MR) is 134 cm³/mol. The average molecular weight is 502 g/mol. The van der Waals surface area contributed by atoms with E-state index >= 15 is 0 Å². The minimum Gasteiger partial charge on any atom is -0.480 e. The van der Waals surface area contributed by atoms with E-state index in [1.165, 1.54) is 0 Å². The number of carbonyl (C=O) groups excluding carboxylic acids is 3. The number of nitrogens with one attached hydrogen (secondary N) is 3. The van der Waals surface area contributed by atoms with Gasteiger partial charge in [-0.2, -0.15) is 11.8 Å². The van der Waals surface area contributed by atoms with Crippen LogP contribution in [-0.2, 0) is 19.1 Å². The van der Waals surface area contributed by atoms with Gasteiger partial charge >= 0.3 is 12.1 Å². The summed E-state index contributed by atoms with van der Waals surface area (Å²) < 4.78 is 5.28. The van der Waals surface area contributed by atoms with Crippen LogP contribution in [0.5, 0.6) is 0 Å². The Morgan fingerprint density at radius 2 is 1.71 bits per heavy atom. The molecule has 3 amide bonds. The summed E-state index contributed by atoms with van der Waals surface area (Å²) in [6.07, 6.45) is 5.36. The number of thioether (sulfide) groups is 1. The van der Waals surface area contributed by atoms with Gasteiger partial charge in [0.25, 0.3) is 0 Å². The highest BCUT2D eigenvalue weighted by atomic mass is 32.2. The zero-order valence-corrected chi connectivity index (χ0v) is 22.3. The molecule has 34 heavy (non-hydrogen) atoms. The maximum absolute atomic E-state index is 12.7. The second kappa shape index (κ2) is 14.4. The average Bonchev–Trinajstić information content (AvgIpc) is 2.76. The SMILES string of the molecule is CC[C@@H](C)[C@H](NC(=O)C1CCC(CNC(=O)[C@H](CCSC)NC(=O)OC(C)(C)C)CC1)C(=O)O. The molecule has 1 saturated carbocycles. The third kappa shape index (κ3) is 11.0. The molecule has 0 aromatic heterocycles. The van der Waals surface area contributed by atoms with Crippen molar-refractivity contribution >= 4 is 35.6 Å². The molecule has 0 aromatic carbocycles. The van der Waals surface area contributed by atoms with Gasteiger partial charge in [-0.1, -0.05) is 20.3 Å². The van der Waals surface area contributed by atoms with Crippen molar-refractivity contribution in [3.05, 3.63) is 0 Å². The summed E-state index contributed by atoms with van der Waals surface area (Å²) in [5, 5.41) is 17.7. The van der Waals surface area contributed by atoms with Crippen molar-refractivity contribution in [2.75, 3.05) is 18.6 Å². The van der Waals surface area contributed by atoms with E-state index in [0.717, 1.165) is 18.6 Å². The Morgan fingerprint density at radius 3 is 2.21 bits per heavy atom. The van der Waals surface area contributed by atoms with E-state index in [1.54, 1.807) is 32.5 Å². The van der Waals surface area contributed by atoms with E-state index < -0.39 is 29.7 Å². The van der Waals surface area contributed by atoms with Crippen LogP contribution in [0, 0.1) is 17.8 Å². The number of carboxylic acids is 1. The Bertz CT molecular complexity index is 689. The topological polar surface area (TPSA) is 134 Å². The lowest BCUT2D eigenvalue weighted by molar-refractivity contribution is -0.144. The Labute approximate surface area is 207 Å². The number of alkyl carbamates (subject to hydrolysis) is 1. The fourth-order valence-electron chi connectivity index (χ4n) is 3.91. The Balaban J connectivity index is 2.53. The zero-order valence-electron chi connectivity index (χ0n) is 21.4. The van der Waals surface area contributed by atoms with Crippen LogP contribution in [0.4, 0.5) is 4.79 Å². The normalized spacial score (nSPS) is 21.0. The van der Waals surface area contributed by atoms with Gasteiger partial charge in [-0.15, -0.1) is 0 Å². The van der Waals surface area contributed by atoms with Crippen molar-refractivity contribution in [1.29, 1.82) is 0 Å². The van der Waals surface area contributed by atoms with Crippen molar-refractivity contribution in [2.45, 2.75) is 90.8 Å². The summed E-state index contributed by atoms with van der Waals surface area (Å²) in [6.45, 7) is 9.51. The van der Waals surface area contributed by atoms with Gasteiger partial charge in [-0.05, 0) is 76.7 Å². The first-order valence-electron chi connectivity index (χ1n) is 12.2. The first-order chi connectivity index (χ1) is 15.9. The van der Waals surface area contributed by atoms with E-state index in [2.05, 4.69) is 16.0 Å². The lowest BCUT2D eigenvalue weighted by atomic mass is 9.81. The van der Waals surface area contributed by atoms with Crippen molar-refractivity contribution in [2.24, 2.45) is 17.8 Å². The highest BCUT2D eigenvalue weighted by molar-refractivity contribution is 7.98. The molecule has 1 aliphatic carbocycles. The molecule has 0 aromatic rings. The lowest BCUT2D eigenvalue weighted by Crippen LogP contribution is -2.50. The Hall–Kier alpha value is -1.97. The van der Waals surface area contributed by atoms with Crippen molar-refractivity contribution in [3.8, 4) is 0 Å². The van der Waals surface area contributed by atoms with Gasteiger partial charge in [0.2, 0.25) is 11.8 Å². The molecule has 0 aliphatic heterocycles. The van der Waals surface area contributed by atoms with Gasteiger partial charge in [-0.3, -0.25) is 9.59 Å². The summed E-state index contributed by atoms with van der Waals surface area (Å²) in [6, 6.07) is -1.54. The molecule has 1 rings (SSSR count). The fourth-order valence-corrected chi connectivity index (χ4v) is 4.38. The van der Waals surface area contributed by atoms with Crippen LogP contribution in [0.25, 0.3) is 0 Å². The third-order valence-electron chi connectivity index (χ3n) is 6.18. The van der Waals surface area contributed by atoms with Crippen LogP contribution in [0.3, 0.4) is 0 Å². The Kier molecular flexibility index (Phi) is 12.8. The standard InChI is InChI=1S/C24H43N3O6S/c1-7-15(2)19(22(30)31)27-20(28)17-10-8-16(9-11-17)14-25-21(29)18(12-13-34-6)26-23(32)33-24(3,4)5/h15-19H,7-14H2,1-6H3,(H,25,29)(H,26,32)(H,27,28)(H,30,31)/t15-,16?,17?,18+,19+/m1/s1. The molecule has 0 heterocycles. The second-order valence-electron chi connectivity index (χ2n) is 10.2. The van der Waals surface area contributed by atoms with Crippen LogP contribution in [0.15, 0.2) is 0 Å². The van der Waals surface area contributed by atoms with Crippen LogP contribution in [0.1, 0.15) is 73.1 Å². The Morgan fingerprint density at radius 1 is 1.09 bits per heavy atom. The van der Waals surface area contributed by atoms with Gasteiger partial charge < -0.3 is 25.8 Å². The molecule has 0 radical (unpaired) electrons. The monoisotopic (exact) mass is 501 g/mol. The van der Waals surface area contributed by atoms with Crippen LogP contribution >= 0.6 is 11.8 Å². The predicted octanol–water partition coefficient (Wildman–Crippen LogP) is 3.17. The molecular weight excluding hydrogens is 458 g/mol. The van der Waals surface area contributed by atoms with Gasteiger partial charge in [0.1, 0.15) is 17.7 Å². The summed E-state index contributed by atoms with van der Waals surface area (Å²) in [5.41, 5.74) is -0.644. The maximum atomic E-state index is 12.7. The minimum atomic E-state index is -1.00. The number of ether oxygens (including phenoxy) is 1. The van der Waals surface area contributed by atoms with E-state index in [-0.39, 0.29) is 29.6 Å². The minimum absolute atomic E-state index is 0.138. The first kappa shape index (κ1) is 30.1. The lowest BCUT2D eigenvalue weighted by Gasteiger charge is -2.30. The molecule has 4 N–H and O–H groups in total. The summed E-state index contributed by atoms with van der Waals surface area (Å²) in [4.78, 5) is 48.9. The molecule has 1 aliphatic rings. The molecule has 0 spiro atoms. The number of rotatable bonds is 12. The number of hydrogen-bond donors (Lipinski definition) is 4. The van der Waals surface area contributed by atoms with Crippen LogP contribution in [0.2, 0.25) is 0 Å². The number of amides is 3. The number of aliphatic carboxylic acids is 1. The summed E-state index contributed by atoms with van der Waals surface area (Å²) >= 11 is 1.60. The van der Waals surface area contributed by atoms with Gasteiger partial charge in [0.15, 0.2) is 0 Å². The van der Waals surface area contributed by atoms with Gasteiger partial charge in [0, 0.05) is 12.5 Å². The second-order valence-corrected chi connectivity index (χ2v) is 11.1. The van der Waals surface area contributed by atoms with E-state index in [0.29, 0.717) is 32.2 Å². The molecule has 1 fully saturated rings. The maximum Gasteiger partial charge on any atom is 0.408 e. The molecule has 10 heteroatoms. The van der Waals surface area contributed by atoms with E-state index in [1.807, 2.05) is 20.1 Å². The summed E-state index contributed by atoms with van der Waals surface area (Å²) in [5.74, 6) is -0.827. The largest absolute Gasteiger partial charge is 0.480 e. The molecule has 9 nitrogen and oxygen atoms in total. The van der Waals surface area contributed by atoms with Crippen LogP contribution < -0.4 is 16.0 Å². The molecule has 0 saturated heterocycles. The smallest absolute Gasteiger partial charge is 0.408 e. The number of hydrogen-bond acceptors (Lipinski definition) is 6. The van der Waals surface area contributed by atoms with Gasteiger partial charge in [-0.25, -0.2) is 9.59 Å². The number of carboxylic acid groups (broad SMARTS) is 1.